The van der Waals surface area contributed by atoms with Crippen molar-refractivity contribution in [1.29, 1.82) is 0 Å². The minimum absolute atomic E-state index is 0.0965. The molecule has 1 N–H and O–H groups in total. The number of nitrogens with zero attached hydrogens (tertiary/aromatic N) is 1. The van der Waals surface area contributed by atoms with E-state index in [2.05, 4.69) is 10.2 Å². The van der Waals surface area contributed by atoms with Gasteiger partial charge >= 0.3 is 12.4 Å². The molecule has 2 fully saturated rings. The van der Waals surface area contributed by atoms with Crippen molar-refractivity contribution in [3.63, 3.8) is 0 Å². The summed E-state index contributed by atoms with van der Waals surface area (Å²) in [5, 5.41) is 2.69. The fourth-order valence-corrected chi connectivity index (χ4v) is 5.70. The van der Waals surface area contributed by atoms with Crippen molar-refractivity contribution in [3.05, 3.63) is 58.7 Å². The molecule has 2 aliphatic heterocycles. The van der Waals surface area contributed by atoms with E-state index in [1.807, 2.05) is 18.2 Å². The summed E-state index contributed by atoms with van der Waals surface area (Å²) in [5.74, 6) is 1.51. The quantitative estimate of drug-likeness (QED) is 0.394. The molecule has 11 heteroatoms. The molecular weight excluding hydrogens is 526 g/mol. The number of carbonyl (C=O) groups excluding carboxylic acids is 1. The van der Waals surface area contributed by atoms with Gasteiger partial charge in [-0.05, 0) is 79.7 Å². The number of hydrogen-bond acceptors (Lipinski definition) is 4. The molecule has 1 saturated carbocycles. The minimum Gasteiger partial charge on any atom is -0.454 e. The Bertz CT molecular complexity index is 1170. The highest BCUT2D eigenvalue weighted by Crippen LogP contribution is 2.44. The molecule has 0 aromatic heterocycles. The first-order valence-corrected chi connectivity index (χ1v) is 13.1. The second-order valence-corrected chi connectivity index (χ2v) is 10.8. The monoisotopic (exact) mass is 556 g/mol. The summed E-state index contributed by atoms with van der Waals surface area (Å²) >= 11 is 0. The second-order valence-electron chi connectivity index (χ2n) is 10.8. The molecule has 212 valence electrons. The van der Waals surface area contributed by atoms with Crippen LogP contribution in [-0.2, 0) is 30.2 Å². The van der Waals surface area contributed by atoms with E-state index >= 15 is 0 Å². The van der Waals surface area contributed by atoms with Gasteiger partial charge in [-0.25, -0.2) is 0 Å². The number of ether oxygens (including phenoxy) is 2. The Morgan fingerprint density at radius 1 is 0.897 bits per heavy atom. The van der Waals surface area contributed by atoms with Crippen molar-refractivity contribution in [2.75, 3.05) is 19.9 Å². The number of benzene rings is 2. The second kappa shape index (κ2) is 10.6. The van der Waals surface area contributed by atoms with Crippen molar-refractivity contribution in [2.24, 2.45) is 11.3 Å². The van der Waals surface area contributed by atoms with Gasteiger partial charge in [-0.1, -0.05) is 25.3 Å². The first-order chi connectivity index (χ1) is 18.4. The number of piperidine rings is 1. The number of nitrogens with one attached hydrogen (secondary N) is 1. The Morgan fingerprint density at radius 3 is 2.13 bits per heavy atom. The highest BCUT2D eigenvalue weighted by Gasteiger charge is 2.44. The number of carbonyl (C=O) groups is 1. The van der Waals surface area contributed by atoms with Crippen LogP contribution in [0.1, 0.15) is 60.8 Å². The lowest BCUT2D eigenvalue weighted by molar-refractivity contribution is -0.143. The predicted octanol–water partition coefficient (Wildman–Crippen LogP) is 6.54. The number of alkyl halides is 6. The number of halogens is 6. The van der Waals surface area contributed by atoms with Gasteiger partial charge in [0.05, 0.1) is 16.5 Å². The zero-order valence-electron chi connectivity index (χ0n) is 21.3. The Morgan fingerprint density at radius 2 is 1.54 bits per heavy atom. The Labute approximate surface area is 222 Å². The normalized spacial score (nSPS) is 19.5. The van der Waals surface area contributed by atoms with Crippen LogP contribution in [0.5, 0.6) is 11.5 Å². The molecule has 39 heavy (non-hydrogen) atoms. The highest BCUT2D eigenvalue weighted by molar-refractivity contribution is 5.82. The third-order valence-corrected chi connectivity index (χ3v) is 8.14. The minimum atomic E-state index is -4.93. The van der Waals surface area contributed by atoms with Crippen LogP contribution in [0.15, 0.2) is 36.4 Å². The summed E-state index contributed by atoms with van der Waals surface area (Å²) in [5.41, 5.74) is -2.65. The Kier molecular flexibility index (Phi) is 7.47. The molecule has 2 heterocycles. The molecule has 0 radical (unpaired) electrons. The molecule has 0 bridgehead atoms. The van der Waals surface area contributed by atoms with Gasteiger partial charge in [0.2, 0.25) is 12.7 Å². The van der Waals surface area contributed by atoms with E-state index in [0.29, 0.717) is 68.4 Å². The fraction of sp³-hybridized carbons (Fsp3) is 0.536. The van der Waals surface area contributed by atoms with Crippen molar-refractivity contribution >= 4 is 5.91 Å². The van der Waals surface area contributed by atoms with Gasteiger partial charge in [-0.15, -0.1) is 0 Å². The molecule has 1 saturated heterocycles. The SMILES string of the molecule is O=C(NCc1cc(C(F)(F)F)cc(C(F)(F)F)c1)C1(CC2CCC2)CCN(Cc2ccc3c(c2)OCO3)CC1. The lowest BCUT2D eigenvalue weighted by Crippen LogP contribution is -2.49. The van der Waals surface area contributed by atoms with E-state index in [0.717, 1.165) is 24.8 Å². The van der Waals surface area contributed by atoms with E-state index in [1.54, 1.807) is 0 Å². The number of hydrogen-bond donors (Lipinski definition) is 1. The first kappa shape index (κ1) is 27.6. The lowest BCUT2D eigenvalue weighted by atomic mass is 9.66. The van der Waals surface area contributed by atoms with Crippen LogP contribution in [0.4, 0.5) is 26.3 Å². The summed E-state index contributed by atoms with van der Waals surface area (Å²) in [7, 11) is 0. The van der Waals surface area contributed by atoms with E-state index < -0.39 is 35.4 Å². The molecule has 5 rings (SSSR count). The topological polar surface area (TPSA) is 50.8 Å². The number of rotatable bonds is 7. The van der Waals surface area contributed by atoms with Crippen molar-refractivity contribution in [2.45, 2.75) is 64.0 Å². The first-order valence-electron chi connectivity index (χ1n) is 13.1. The maximum absolute atomic E-state index is 13.5. The third-order valence-electron chi connectivity index (χ3n) is 8.14. The zero-order valence-corrected chi connectivity index (χ0v) is 21.3. The number of fused-ring (bicyclic) bond motifs is 1. The molecule has 3 aliphatic rings. The van der Waals surface area contributed by atoms with Crippen LogP contribution < -0.4 is 14.8 Å². The lowest BCUT2D eigenvalue weighted by Gasteiger charge is -2.44. The summed E-state index contributed by atoms with van der Waals surface area (Å²) in [6.45, 7) is 1.76. The van der Waals surface area contributed by atoms with Crippen LogP contribution in [-0.4, -0.2) is 30.7 Å². The molecule has 5 nitrogen and oxygen atoms in total. The summed E-state index contributed by atoms with van der Waals surface area (Å²) in [6, 6.07) is 7.22. The van der Waals surface area contributed by atoms with E-state index in [9.17, 15) is 31.1 Å². The Hall–Kier alpha value is -2.95. The van der Waals surface area contributed by atoms with Gasteiger partial charge in [0, 0.05) is 13.1 Å². The number of amides is 1. The molecule has 0 atom stereocenters. The van der Waals surface area contributed by atoms with Crippen LogP contribution >= 0.6 is 0 Å². The van der Waals surface area contributed by atoms with Gasteiger partial charge in [0.1, 0.15) is 0 Å². The molecule has 0 unspecified atom stereocenters. The van der Waals surface area contributed by atoms with Gasteiger partial charge in [-0.3, -0.25) is 9.69 Å². The third kappa shape index (κ3) is 6.28. The summed E-state index contributed by atoms with van der Waals surface area (Å²) < 4.78 is 90.4. The maximum Gasteiger partial charge on any atom is 0.416 e. The summed E-state index contributed by atoms with van der Waals surface area (Å²) in [6.07, 6.45) is -4.91. The molecule has 2 aromatic carbocycles. The van der Waals surface area contributed by atoms with Gasteiger partial charge in [0.25, 0.3) is 0 Å². The molecule has 1 amide bonds. The van der Waals surface area contributed by atoms with Gasteiger partial charge in [0.15, 0.2) is 11.5 Å². The highest BCUT2D eigenvalue weighted by atomic mass is 19.4. The molecule has 0 spiro atoms. The van der Waals surface area contributed by atoms with Crippen LogP contribution in [0.2, 0.25) is 0 Å². The maximum atomic E-state index is 13.5. The Balaban J connectivity index is 1.27. The van der Waals surface area contributed by atoms with E-state index in [4.69, 9.17) is 9.47 Å². The van der Waals surface area contributed by atoms with Gasteiger partial charge in [-0.2, -0.15) is 26.3 Å². The smallest absolute Gasteiger partial charge is 0.416 e. The largest absolute Gasteiger partial charge is 0.454 e. The summed E-state index contributed by atoms with van der Waals surface area (Å²) in [4.78, 5) is 15.8. The van der Waals surface area contributed by atoms with Crippen molar-refractivity contribution in [1.82, 2.24) is 10.2 Å². The van der Waals surface area contributed by atoms with E-state index in [-0.39, 0.29) is 24.3 Å². The average Bonchev–Trinajstić information content (AvgIpc) is 3.33. The number of likely N-dealkylation sites (tertiary alicyclic amines) is 1. The average molecular weight is 557 g/mol. The zero-order chi connectivity index (χ0) is 27.8. The van der Waals surface area contributed by atoms with Crippen LogP contribution in [0.25, 0.3) is 0 Å². The fourth-order valence-electron chi connectivity index (χ4n) is 5.70. The van der Waals surface area contributed by atoms with Gasteiger partial charge < -0.3 is 14.8 Å². The van der Waals surface area contributed by atoms with E-state index in [1.165, 1.54) is 0 Å². The molecule has 2 aromatic rings. The van der Waals surface area contributed by atoms with Crippen molar-refractivity contribution in [3.8, 4) is 11.5 Å². The van der Waals surface area contributed by atoms with Crippen LogP contribution in [0, 0.1) is 11.3 Å². The molecule has 1 aliphatic carbocycles. The molecular formula is C28H30F6N2O3. The predicted molar refractivity (Wildman–Crippen MR) is 130 cm³/mol. The standard InChI is InChI=1S/C28H30F6N2O3/c29-27(30,31)21-10-20(11-22(13-21)28(32,33)34)15-35-25(37)26(14-18-2-1-3-18)6-8-36(9-7-26)16-19-4-5-23-24(12-19)39-17-38-23/h4-5,10-13,18H,1-3,6-9,14-17H2,(H,35,37). The van der Waals surface area contributed by atoms with Crippen LogP contribution in [0.3, 0.4) is 0 Å². The van der Waals surface area contributed by atoms with Crippen molar-refractivity contribution < 1.29 is 40.6 Å².